The third-order valence-corrected chi connectivity index (χ3v) is 3.35. The van der Waals surface area contributed by atoms with E-state index in [0.717, 1.165) is 0 Å². The highest BCUT2D eigenvalue weighted by Crippen LogP contribution is 2.36. The van der Waals surface area contributed by atoms with Gasteiger partial charge in [0.2, 0.25) is 0 Å². The Morgan fingerprint density at radius 2 is 2.07 bits per heavy atom. The van der Waals surface area contributed by atoms with Gasteiger partial charge in [-0.25, -0.2) is 0 Å². The molecule has 1 unspecified atom stereocenters. The summed E-state index contributed by atoms with van der Waals surface area (Å²) in [7, 11) is 0. The molecule has 3 rings (SSSR count). The van der Waals surface area contributed by atoms with E-state index in [-0.39, 0.29) is 12.4 Å². The zero-order valence-electron chi connectivity index (χ0n) is 8.73. The van der Waals surface area contributed by atoms with Gasteiger partial charge in [-0.05, 0) is 36.6 Å². The number of aryl methyl sites for hydroxylation is 1. The highest BCUT2D eigenvalue weighted by molar-refractivity contribution is 5.85. The molecule has 0 radical (unpaired) electrons. The smallest absolute Gasteiger partial charge is 0.0542 e. The Balaban J connectivity index is 0.000000853. The maximum absolute atomic E-state index is 2.49. The summed E-state index contributed by atoms with van der Waals surface area (Å²) >= 11 is 0. The first-order valence-electron chi connectivity index (χ1n) is 5.45. The van der Waals surface area contributed by atoms with Crippen LogP contribution >= 0.6 is 12.4 Å². The van der Waals surface area contributed by atoms with Gasteiger partial charge in [0.05, 0.1) is 6.04 Å². The molecule has 2 aliphatic rings. The second-order valence-corrected chi connectivity index (χ2v) is 4.16. The summed E-state index contributed by atoms with van der Waals surface area (Å²) < 4.78 is 0. The SMILES string of the molecule is C1=CN(C2CCc3ccccc32)CC1.Cl. The molecular formula is C13H16ClN. The van der Waals surface area contributed by atoms with Crippen LogP contribution in [-0.4, -0.2) is 11.4 Å². The number of fused-ring (bicyclic) bond motifs is 1. The molecule has 1 atom stereocenters. The van der Waals surface area contributed by atoms with Crippen molar-refractivity contribution in [2.45, 2.75) is 25.3 Å². The standard InChI is InChI=1S/C13H15N.ClH/c1-2-6-12-11(5-1)7-8-13(12)14-9-3-4-10-14;/h1-3,5-6,9,13H,4,7-8,10H2;1H. The summed E-state index contributed by atoms with van der Waals surface area (Å²) in [5, 5.41) is 0. The van der Waals surface area contributed by atoms with Crippen molar-refractivity contribution in [3.63, 3.8) is 0 Å². The van der Waals surface area contributed by atoms with E-state index in [1.165, 1.54) is 25.8 Å². The third kappa shape index (κ3) is 1.76. The van der Waals surface area contributed by atoms with Crippen molar-refractivity contribution in [1.82, 2.24) is 4.90 Å². The fourth-order valence-electron chi connectivity index (χ4n) is 2.65. The minimum absolute atomic E-state index is 0. The molecule has 0 fully saturated rings. The topological polar surface area (TPSA) is 3.24 Å². The molecule has 0 saturated carbocycles. The van der Waals surface area contributed by atoms with Gasteiger partial charge in [-0.3, -0.25) is 0 Å². The lowest BCUT2D eigenvalue weighted by Gasteiger charge is -2.24. The predicted octanol–water partition coefficient (Wildman–Crippen LogP) is 3.32. The molecule has 0 spiro atoms. The lowest BCUT2D eigenvalue weighted by Crippen LogP contribution is -2.19. The van der Waals surface area contributed by atoms with Crippen LogP contribution < -0.4 is 0 Å². The molecule has 0 aromatic heterocycles. The van der Waals surface area contributed by atoms with E-state index in [9.17, 15) is 0 Å². The minimum Gasteiger partial charge on any atom is -0.370 e. The van der Waals surface area contributed by atoms with Crippen molar-refractivity contribution in [2.75, 3.05) is 6.54 Å². The Labute approximate surface area is 97.2 Å². The molecule has 1 nitrogen and oxygen atoms in total. The molecule has 15 heavy (non-hydrogen) atoms. The third-order valence-electron chi connectivity index (χ3n) is 3.35. The van der Waals surface area contributed by atoms with Crippen molar-refractivity contribution >= 4 is 12.4 Å². The molecule has 1 aromatic rings. The van der Waals surface area contributed by atoms with Gasteiger partial charge in [-0.15, -0.1) is 12.4 Å². The van der Waals surface area contributed by atoms with Crippen molar-refractivity contribution in [1.29, 1.82) is 0 Å². The first-order valence-corrected chi connectivity index (χ1v) is 5.45. The van der Waals surface area contributed by atoms with Gasteiger partial charge >= 0.3 is 0 Å². The zero-order valence-corrected chi connectivity index (χ0v) is 9.54. The molecule has 1 aliphatic carbocycles. The van der Waals surface area contributed by atoms with Crippen LogP contribution in [0.3, 0.4) is 0 Å². The maximum atomic E-state index is 2.49. The van der Waals surface area contributed by atoms with Crippen molar-refractivity contribution in [3.8, 4) is 0 Å². The Morgan fingerprint density at radius 3 is 2.87 bits per heavy atom. The number of hydrogen-bond acceptors (Lipinski definition) is 1. The zero-order chi connectivity index (χ0) is 9.38. The average molecular weight is 222 g/mol. The monoisotopic (exact) mass is 221 g/mol. The van der Waals surface area contributed by atoms with Crippen LogP contribution in [0.25, 0.3) is 0 Å². The molecule has 1 aromatic carbocycles. The number of benzene rings is 1. The van der Waals surface area contributed by atoms with E-state index in [0.29, 0.717) is 6.04 Å². The number of nitrogens with zero attached hydrogens (tertiary/aromatic N) is 1. The molecule has 0 amide bonds. The Morgan fingerprint density at radius 1 is 1.20 bits per heavy atom. The average Bonchev–Trinajstić information content (AvgIpc) is 2.85. The summed E-state index contributed by atoms with van der Waals surface area (Å²) in [6.45, 7) is 1.21. The summed E-state index contributed by atoms with van der Waals surface area (Å²) in [5.41, 5.74) is 3.11. The van der Waals surface area contributed by atoms with E-state index < -0.39 is 0 Å². The molecule has 80 valence electrons. The Bertz CT molecular complexity index is 373. The van der Waals surface area contributed by atoms with Crippen molar-refractivity contribution in [3.05, 3.63) is 47.7 Å². The second kappa shape index (κ2) is 4.28. The summed E-state index contributed by atoms with van der Waals surface area (Å²) in [5.74, 6) is 0. The lowest BCUT2D eigenvalue weighted by molar-refractivity contribution is 0.301. The molecule has 1 aliphatic heterocycles. The van der Waals surface area contributed by atoms with Gasteiger partial charge < -0.3 is 4.90 Å². The van der Waals surface area contributed by atoms with E-state index in [4.69, 9.17) is 0 Å². The lowest BCUT2D eigenvalue weighted by atomic mass is 10.1. The van der Waals surface area contributed by atoms with Crippen molar-refractivity contribution in [2.24, 2.45) is 0 Å². The van der Waals surface area contributed by atoms with Crippen LogP contribution in [0.2, 0.25) is 0 Å². The van der Waals surface area contributed by atoms with Crippen LogP contribution in [0.15, 0.2) is 36.5 Å². The minimum atomic E-state index is 0. The highest BCUT2D eigenvalue weighted by atomic mass is 35.5. The van der Waals surface area contributed by atoms with Crippen LogP contribution in [-0.2, 0) is 6.42 Å². The largest absolute Gasteiger partial charge is 0.370 e. The molecular weight excluding hydrogens is 206 g/mol. The van der Waals surface area contributed by atoms with Gasteiger partial charge in [0.1, 0.15) is 0 Å². The second-order valence-electron chi connectivity index (χ2n) is 4.16. The quantitative estimate of drug-likeness (QED) is 0.703. The predicted molar refractivity (Wildman–Crippen MR) is 65.2 cm³/mol. The van der Waals surface area contributed by atoms with Crippen LogP contribution in [0.4, 0.5) is 0 Å². The fourth-order valence-corrected chi connectivity index (χ4v) is 2.65. The normalized spacial score (nSPS) is 22.7. The molecule has 0 bridgehead atoms. The van der Waals surface area contributed by atoms with E-state index in [2.05, 4.69) is 41.4 Å². The Hall–Kier alpha value is -0.950. The molecule has 1 heterocycles. The van der Waals surface area contributed by atoms with Crippen LogP contribution in [0, 0.1) is 0 Å². The first kappa shape index (κ1) is 10.6. The molecule has 0 N–H and O–H groups in total. The van der Waals surface area contributed by atoms with Gasteiger partial charge in [-0.1, -0.05) is 30.3 Å². The first-order chi connectivity index (χ1) is 6.95. The van der Waals surface area contributed by atoms with Gasteiger partial charge in [0, 0.05) is 6.54 Å². The highest BCUT2D eigenvalue weighted by Gasteiger charge is 2.26. The van der Waals surface area contributed by atoms with Gasteiger partial charge in [0.15, 0.2) is 0 Å². The van der Waals surface area contributed by atoms with Gasteiger partial charge in [-0.2, -0.15) is 0 Å². The van der Waals surface area contributed by atoms with E-state index in [1.807, 2.05) is 0 Å². The molecule has 0 saturated heterocycles. The maximum Gasteiger partial charge on any atom is 0.0542 e. The summed E-state index contributed by atoms with van der Waals surface area (Å²) in [6, 6.07) is 9.54. The molecule has 2 heteroatoms. The Kier molecular flexibility index (Phi) is 3.01. The number of halogens is 1. The van der Waals surface area contributed by atoms with Crippen LogP contribution in [0.1, 0.15) is 30.0 Å². The van der Waals surface area contributed by atoms with Crippen LogP contribution in [0.5, 0.6) is 0 Å². The number of rotatable bonds is 1. The van der Waals surface area contributed by atoms with E-state index >= 15 is 0 Å². The number of hydrogen-bond donors (Lipinski definition) is 0. The van der Waals surface area contributed by atoms with Crippen molar-refractivity contribution < 1.29 is 0 Å². The van der Waals surface area contributed by atoms with Gasteiger partial charge in [0.25, 0.3) is 0 Å². The van der Waals surface area contributed by atoms with E-state index in [1.54, 1.807) is 11.1 Å². The fraction of sp³-hybridized carbons (Fsp3) is 0.385. The summed E-state index contributed by atoms with van der Waals surface area (Å²) in [6.07, 6.45) is 8.32. The summed E-state index contributed by atoms with van der Waals surface area (Å²) in [4.78, 5) is 2.49.